The van der Waals surface area contributed by atoms with Crippen LogP contribution in [-0.4, -0.2) is 51.6 Å². The number of rotatable bonds is 11. The zero-order valence-electron chi connectivity index (χ0n) is 19.0. The number of amides is 1. The van der Waals surface area contributed by atoms with E-state index in [4.69, 9.17) is 4.74 Å². The van der Waals surface area contributed by atoms with Gasteiger partial charge in [-0.05, 0) is 42.9 Å². The first-order valence-electron chi connectivity index (χ1n) is 11.0. The first kappa shape index (κ1) is 24.1. The van der Waals surface area contributed by atoms with Gasteiger partial charge in [-0.25, -0.2) is 0 Å². The number of hydrogen-bond donors (Lipinski definition) is 3. The summed E-state index contributed by atoms with van der Waals surface area (Å²) < 4.78 is 5.30. The van der Waals surface area contributed by atoms with Gasteiger partial charge in [0.1, 0.15) is 0 Å². The van der Waals surface area contributed by atoms with Gasteiger partial charge in [-0.1, -0.05) is 61.5 Å². The number of aromatic amines is 1. The summed E-state index contributed by atoms with van der Waals surface area (Å²) in [6.07, 6.45) is 2.69. The lowest BCUT2D eigenvalue weighted by molar-refractivity contribution is -0.158. The van der Waals surface area contributed by atoms with Gasteiger partial charge in [-0.3, -0.25) is 9.59 Å². The molecule has 1 aromatic heterocycles. The number of nitrogens with zero attached hydrogens (tertiary/aromatic N) is 2. The van der Waals surface area contributed by atoms with Crippen LogP contribution in [0.15, 0.2) is 60.8 Å². The Morgan fingerprint density at radius 1 is 1.12 bits per heavy atom. The lowest BCUT2D eigenvalue weighted by atomic mass is 9.82. The molecule has 3 aromatic rings. The number of carbonyl (C=O) groups is 2. The van der Waals surface area contributed by atoms with Gasteiger partial charge in [0.15, 0.2) is 5.69 Å². The first-order chi connectivity index (χ1) is 15.9. The zero-order chi connectivity index (χ0) is 23.7. The quantitative estimate of drug-likeness (QED) is 0.386. The molecular formula is C25H30N4O4. The fourth-order valence-corrected chi connectivity index (χ4v) is 3.62. The van der Waals surface area contributed by atoms with Crippen LogP contribution in [0.25, 0.3) is 11.1 Å². The molecule has 0 aliphatic rings. The minimum absolute atomic E-state index is 0.152. The number of esters is 1. The predicted molar refractivity (Wildman–Crippen MR) is 124 cm³/mol. The van der Waals surface area contributed by atoms with Crippen LogP contribution in [0.1, 0.15) is 42.7 Å². The molecule has 0 unspecified atom stereocenters. The van der Waals surface area contributed by atoms with E-state index in [1.807, 2.05) is 61.5 Å². The summed E-state index contributed by atoms with van der Waals surface area (Å²) in [4.78, 5) is 25.3. The number of hydrogen-bond acceptors (Lipinski definition) is 6. The molecule has 3 rings (SSSR count). The summed E-state index contributed by atoms with van der Waals surface area (Å²) in [7, 11) is 0. The lowest BCUT2D eigenvalue weighted by Crippen LogP contribution is -2.44. The topological polar surface area (TPSA) is 117 Å². The molecule has 1 amide bonds. The fraction of sp³-hybridized carbons (Fsp3) is 0.360. The predicted octanol–water partition coefficient (Wildman–Crippen LogP) is 3.15. The summed E-state index contributed by atoms with van der Waals surface area (Å²) in [5.74, 6) is -0.885. The monoisotopic (exact) mass is 450 g/mol. The zero-order valence-corrected chi connectivity index (χ0v) is 19.0. The van der Waals surface area contributed by atoms with Crippen molar-refractivity contribution in [2.45, 2.75) is 39.2 Å². The molecule has 2 aromatic carbocycles. The van der Waals surface area contributed by atoms with Crippen molar-refractivity contribution in [3.8, 4) is 11.1 Å². The number of aromatic nitrogens is 3. The molecule has 0 spiro atoms. The van der Waals surface area contributed by atoms with Crippen LogP contribution in [0.5, 0.6) is 0 Å². The second-order valence-corrected chi connectivity index (χ2v) is 8.35. The van der Waals surface area contributed by atoms with E-state index < -0.39 is 29.9 Å². The average molecular weight is 451 g/mol. The van der Waals surface area contributed by atoms with Crippen molar-refractivity contribution in [3.05, 3.63) is 72.1 Å². The number of benzene rings is 2. The Balaban J connectivity index is 1.79. The summed E-state index contributed by atoms with van der Waals surface area (Å²) in [5, 5.41) is 22.9. The van der Waals surface area contributed by atoms with Crippen molar-refractivity contribution < 1.29 is 19.4 Å². The van der Waals surface area contributed by atoms with Crippen LogP contribution in [-0.2, 0) is 16.0 Å². The number of aliphatic hydroxyl groups is 1. The van der Waals surface area contributed by atoms with E-state index in [-0.39, 0.29) is 18.7 Å². The summed E-state index contributed by atoms with van der Waals surface area (Å²) in [5.41, 5.74) is 2.19. The summed E-state index contributed by atoms with van der Waals surface area (Å²) >= 11 is 0. The maximum atomic E-state index is 12.6. The number of nitrogens with one attached hydrogen (secondary N) is 2. The van der Waals surface area contributed by atoms with Gasteiger partial charge in [0.2, 0.25) is 0 Å². The van der Waals surface area contributed by atoms with Crippen molar-refractivity contribution in [3.63, 3.8) is 0 Å². The molecule has 33 heavy (non-hydrogen) atoms. The molecule has 3 N–H and O–H groups in total. The van der Waals surface area contributed by atoms with Crippen molar-refractivity contribution in [2.24, 2.45) is 5.41 Å². The molecule has 0 saturated heterocycles. The Hall–Kier alpha value is -3.52. The Bertz CT molecular complexity index is 1020. The average Bonchev–Trinajstić information content (AvgIpc) is 3.38. The van der Waals surface area contributed by atoms with E-state index in [2.05, 4.69) is 20.7 Å². The second-order valence-electron chi connectivity index (χ2n) is 8.35. The molecule has 0 aliphatic carbocycles. The van der Waals surface area contributed by atoms with E-state index in [1.54, 1.807) is 6.92 Å². The maximum absolute atomic E-state index is 12.6. The third kappa shape index (κ3) is 6.49. The van der Waals surface area contributed by atoms with Gasteiger partial charge in [-0.15, -0.1) is 0 Å². The fourth-order valence-electron chi connectivity index (χ4n) is 3.62. The third-order valence-corrected chi connectivity index (χ3v) is 5.50. The Morgan fingerprint density at radius 3 is 2.42 bits per heavy atom. The minimum Gasteiger partial charge on any atom is -0.465 e. The van der Waals surface area contributed by atoms with Crippen molar-refractivity contribution in [1.29, 1.82) is 0 Å². The van der Waals surface area contributed by atoms with Gasteiger partial charge in [0.05, 0.1) is 24.8 Å². The Kier molecular flexibility index (Phi) is 8.32. The molecule has 174 valence electrons. The van der Waals surface area contributed by atoms with Gasteiger partial charge in [0, 0.05) is 6.04 Å². The van der Waals surface area contributed by atoms with Crippen LogP contribution < -0.4 is 5.32 Å². The van der Waals surface area contributed by atoms with Crippen LogP contribution in [0.4, 0.5) is 0 Å². The summed E-state index contributed by atoms with van der Waals surface area (Å²) in [6.45, 7) is 3.45. The highest BCUT2D eigenvalue weighted by molar-refractivity contribution is 5.92. The number of aliphatic hydroxyl groups excluding tert-OH is 1. The highest BCUT2D eigenvalue weighted by Gasteiger charge is 2.37. The van der Waals surface area contributed by atoms with Gasteiger partial charge < -0.3 is 15.2 Å². The highest BCUT2D eigenvalue weighted by atomic mass is 16.5. The van der Waals surface area contributed by atoms with E-state index in [1.165, 1.54) is 6.20 Å². The summed E-state index contributed by atoms with van der Waals surface area (Å²) in [6, 6.07) is 17.7. The molecule has 8 nitrogen and oxygen atoms in total. The van der Waals surface area contributed by atoms with Crippen LogP contribution in [0.3, 0.4) is 0 Å². The number of carbonyl (C=O) groups excluding carboxylic acids is 2. The molecular weight excluding hydrogens is 420 g/mol. The van der Waals surface area contributed by atoms with E-state index in [0.29, 0.717) is 12.8 Å². The maximum Gasteiger partial charge on any atom is 0.314 e. The molecule has 0 fully saturated rings. The third-order valence-electron chi connectivity index (χ3n) is 5.50. The van der Waals surface area contributed by atoms with E-state index >= 15 is 0 Å². The molecule has 8 heteroatoms. The van der Waals surface area contributed by atoms with Crippen molar-refractivity contribution in [2.75, 3.05) is 13.2 Å². The van der Waals surface area contributed by atoms with E-state index in [9.17, 15) is 14.7 Å². The minimum atomic E-state index is -1.15. The molecule has 0 aliphatic heterocycles. The smallest absolute Gasteiger partial charge is 0.314 e. The van der Waals surface area contributed by atoms with Crippen LogP contribution in [0, 0.1) is 5.41 Å². The molecule has 2 atom stereocenters. The van der Waals surface area contributed by atoms with Gasteiger partial charge >= 0.3 is 5.97 Å². The van der Waals surface area contributed by atoms with Gasteiger partial charge in [-0.2, -0.15) is 15.4 Å². The molecule has 0 bridgehead atoms. The lowest BCUT2D eigenvalue weighted by Gasteiger charge is -2.30. The standard InChI is InChI=1S/C25H30N4O4/c1-3-13-33-24(32)25(2,17-30)15-21(27-23(31)22-16-26-29-28-22)14-18-9-11-20(12-10-18)19-7-5-4-6-8-19/h4-12,16,21,30H,3,13-15,17H2,1-2H3,(H,27,31)(H,26,28,29)/t21-,25+/m1/s1. The second kappa shape index (κ2) is 11.4. The van der Waals surface area contributed by atoms with Crippen LogP contribution >= 0.6 is 0 Å². The largest absolute Gasteiger partial charge is 0.465 e. The number of ether oxygens (including phenoxy) is 1. The molecule has 0 saturated carbocycles. The van der Waals surface area contributed by atoms with Gasteiger partial charge in [0.25, 0.3) is 5.91 Å². The molecule has 1 heterocycles. The van der Waals surface area contributed by atoms with Crippen molar-refractivity contribution >= 4 is 11.9 Å². The Morgan fingerprint density at radius 2 is 1.82 bits per heavy atom. The Labute approximate surface area is 193 Å². The highest BCUT2D eigenvalue weighted by Crippen LogP contribution is 2.27. The van der Waals surface area contributed by atoms with Crippen molar-refractivity contribution in [1.82, 2.24) is 20.7 Å². The molecule has 0 radical (unpaired) electrons. The normalized spacial score (nSPS) is 13.7. The SMILES string of the molecule is CCCOC(=O)[C@](C)(CO)C[C@@H](Cc1ccc(-c2ccccc2)cc1)NC(=O)c1cn[nH]n1. The number of H-pyrrole nitrogens is 1. The van der Waals surface area contributed by atoms with Crippen LogP contribution in [0.2, 0.25) is 0 Å². The first-order valence-corrected chi connectivity index (χ1v) is 11.0. The van der Waals surface area contributed by atoms with E-state index in [0.717, 1.165) is 16.7 Å².